The van der Waals surface area contributed by atoms with Crippen LogP contribution in [0.1, 0.15) is 24.3 Å². The lowest BCUT2D eigenvalue weighted by Gasteiger charge is -2.11. The molecule has 1 fully saturated rings. The minimum Gasteiger partial charge on any atom is -0.354 e. The first kappa shape index (κ1) is 15.8. The summed E-state index contributed by atoms with van der Waals surface area (Å²) >= 11 is 1.20. The number of benzene rings is 1. The Labute approximate surface area is 161 Å². The molecule has 0 spiro atoms. The van der Waals surface area contributed by atoms with Crippen molar-refractivity contribution in [1.82, 2.24) is 13.8 Å². The minimum atomic E-state index is -0.506. The van der Waals surface area contributed by atoms with Crippen LogP contribution in [0, 0.1) is 5.82 Å². The topological polar surface area (TPSA) is 70.1 Å². The smallest absolute Gasteiger partial charge is 0.271 e. The summed E-state index contributed by atoms with van der Waals surface area (Å²) in [6.45, 7) is 0. The normalized spacial score (nSPS) is 14.5. The maximum atomic E-state index is 15.0. The third-order valence-corrected chi connectivity index (χ3v) is 6.41. The summed E-state index contributed by atoms with van der Waals surface area (Å²) in [4.78, 5) is 28.3. The minimum absolute atomic E-state index is 0.127. The van der Waals surface area contributed by atoms with E-state index in [4.69, 9.17) is 0 Å². The monoisotopic (exact) mass is 391 g/mol. The highest BCUT2D eigenvalue weighted by Crippen LogP contribution is 2.45. The molecule has 138 valence electrons. The summed E-state index contributed by atoms with van der Waals surface area (Å²) in [5, 5.41) is 1.12. The number of halogens is 1. The van der Waals surface area contributed by atoms with Gasteiger partial charge in [-0.05, 0) is 42.5 Å². The average molecular weight is 391 g/mol. The molecule has 0 unspecified atom stereocenters. The van der Waals surface area contributed by atoms with Crippen LogP contribution in [-0.4, -0.2) is 13.8 Å². The summed E-state index contributed by atoms with van der Waals surface area (Å²) in [5.41, 5.74) is 2.77. The number of nitrogens with zero attached hydrogens (tertiary/aromatic N) is 1. The molecule has 0 atom stereocenters. The molecule has 7 heteroatoms. The van der Waals surface area contributed by atoms with E-state index in [9.17, 15) is 9.59 Å². The van der Waals surface area contributed by atoms with Crippen LogP contribution in [-0.2, 0) is 0 Å². The Morgan fingerprint density at radius 2 is 1.96 bits per heavy atom. The van der Waals surface area contributed by atoms with Crippen molar-refractivity contribution in [2.75, 3.05) is 0 Å². The molecule has 0 saturated heterocycles. The van der Waals surface area contributed by atoms with Gasteiger partial charge in [-0.2, -0.15) is 0 Å². The van der Waals surface area contributed by atoms with Crippen molar-refractivity contribution < 1.29 is 4.39 Å². The first-order valence-corrected chi connectivity index (χ1v) is 9.90. The number of nitrogens with one attached hydrogen (secondary N) is 2. The van der Waals surface area contributed by atoms with Gasteiger partial charge >= 0.3 is 0 Å². The first-order chi connectivity index (χ1) is 13.6. The van der Waals surface area contributed by atoms with Gasteiger partial charge < -0.3 is 4.98 Å². The molecule has 1 aliphatic rings. The van der Waals surface area contributed by atoms with Gasteiger partial charge in [0.25, 0.3) is 11.1 Å². The Morgan fingerprint density at radius 1 is 1.14 bits per heavy atom. The lowest BCUT2D eigenvalue weighted by Crippen LogP contribution is -2.20. The Hall–Kier alpha value is -3.19. The SMILES string of the molecule is O=c1[nH]sc2c(C3CC3)c3cc(-c4cc5ccccc5[nH]4)c(F)cn3c(=O)c12. The van der Waals surface area contributed by atoms with Crippen molar-refractivity contribution in [2.45, 2.75) is 18.8 Å². The highest BCUT2D eigenvalue weighted by molar-refractivity contribution is 7.13. The van der Waals surface area contributed by atoms with Gasteiger partial charge in [0.05, 0.1) is 10.2 Å². The van der Waals surface area contributed by atoms with Crippen LogP contribution < -0.4 is 11.1 Å². The van der Waals surface area contributed by atoms with E-state index in [1.165, 1.54) is 22.1 Å². The zero-order valence-corrected chi connectivity index (χ0v) is 15.4. The number of aromatic amines is 2. The Bertz CT molecular complexity index is 1500. The molecule has 0 radical (unpaired) electrons. The van der Waals surface area contributed by atoms with Crippen LogP contribution in [0.5, 0.6) is 0 Å². The fourth-order valence-corrected chi connectivity index (χ4v) is 4.98. The molecule has 5 aromatic rings. The summed E-state index contributed by atoms with van der Waals surface area (Å²) < 4.78 is 19.7. The van der Waals surface area contributed by atoms with Crippen LogP contribution in [0.4, 0.5) is 4.39 Å². The summed E-state index contributed by atoms with van der Waals surface area (Å²) in [6, 6.07) is 11.4. The van der Waals surface area contributed by atoms with Gasteiger partial charge in [0.1, 0.15) is 11.2 Å². The lowest BCUT2D eigenvalue weighted by atomic mass is 10.0. The molecule has 6 rings (SSSR count). The molecule has 2 N–H and O–H groups in total. The standard InChI is InChI=1S/C21H14FN3O2S/c22-13-9-25-16(8-12(13)15-7-11-3-1-2-4-14(11)23-15)17(10-5-6-10)19-18(21(25)27)20(26)24-28-19/h1-4,7-10,23H,5-6H2,(H,24,26). The van der Waals surface area contributed by atoms with Gasteiger partial charge in [-0.3, -0.25) is 18.4 Å². The van der Waals surface area contributed by atoms with E-state index in [0.29, 0.717) is 27.4 Å². The molecule has 0 amide bonds. The number of hydrogen-bond donors (Lipinski definition) is 2. The Balaban J connectivity index is 1.74. The van der Waals surface area contributed by atoms with E-state index in [0.717, 1.165) is 29.3 Å². The maximum absolute atomic E-state index is 15.0. The zero-order valence-electron chi connectivity index (χ0n) is 14.6. The molecule has 28 heavy (non-hydrogen) atoms. The Kier molecular flexibility index (Phi) is 3.06. The van der Waals surface area contributed by atoms with E-state index in [-0.39, 0.29) is 5.39 Å². The summed E-state index contributed by atoms with van der Waals surface area (Å²) in [7, 11) is 0. The predicted octanol–water partition coefficient (Wildman–Crippen LogP) is 4.37. The number of aromatic nitrogens is 3. The van der Waals surface area contributed by atoms with E-state index in [1.54, 1.807) is 6.07 Å². The van der Waals surface area contributed by atoms with Gasteiger partial charge in [0.2, 0.25) is 0 Å². The molecule has 5 nitrogen and oxygen atoms in total. The molecule has 1 aliphatic carbocycles. The van der Waals surface area contributed by atoms with Crippen LogP contribution >= 0.6 is 11.5 Å². The van der Waals surface area contributed by atoms with Gasteiger partial charge in [-0.1, -0.05) is 29.7 Å². The number of rotatable bonds is 2. The summed E-state index contributed by atoms with van der Waals surface area (Å²) in [6.07, 6.45) is 3.23. The van der Waals surface area contributed by atoms with Gasteiger partial charge in [0, 0.05) is 28.4 Å². The van der Waals surface area contributed by atoms with Crippen molar-refractivity contribution in [3.63, 3.8) is 0 Å². The largest absolute Gasteiger partial charge is 0.354 e. The van der Waals surface area contributed by atoms with Crippen molar-refractivity contribution in [3.8, 4) is 11.3 Å². The molecule has 0 aliphatic heterocycles. The lowest BCUT2D eigenvalue weighted by molar-refractivity contribution is 0.621. The second-order valence-electron chi connectivity index (χ2n) is 7.29. The third kappa shape index (κ3) is 2.10. The summed E-state index contributed by atoms with van der Waals surface area (Å²) in [5.74, 6) is -0.209. The number of hydrogen-bond acceptors (Lipinski definition) is 3. The second kappa shape index (κ2) is 5.42. The fraction of sp³-hybridized carbons (Fsp3) is 0.143. The van der Waals surface area contributed by atoms with Crippen molar-refractivity contribution in [1.29, 1.82) is 0 Å². The molecule has 0 bridgehead atoms. The quantitative estimate of drug-likeness (QED) is 0.469. The van der Waals surface area contributed by atoms with Crippen molar-refractivity contribution in [3.05, 3.63) is 74.7 Å². The van der Waals surface area contributed by atoms with Gasteiger partial charge in [0.15, 0.2) is 0 Å². The predicted molar refractivity (Wildman–Crippen MR) is 109 cm³/mol. The third-order valence-electron chi connectivity index (χ3n) is 5.50. The van der Waals surface area contributed by atoms with Crippen molar-refractivity contribution in [2.24, 2.45) is 0 Å². The number of H-pyrrole nitrogens is 2. The molecule has 1 saturated carbocycles. The zero-order chi connectivity index (χ0) is 19.0. The van der Waals surface area contributed by atoms with Gasteiger partial charge in [-0.25, -0.2) is 4.39 Å². The highest BCUT2D eigenvalue weighted by Gasteiger charge is 2.31. The average Bonchev–Trinajstić information content (AvgIpc) is 3.31. The highest BCUT2D eigenvalue weighted by atomic mass is 32.1. The van der Waals surface area contributed by atoms with Crippen LogP contribution in [0.2, 0.25) is 0 Å². The molecular weight excluding hydrogens is 377 g/mol. The second-order valence-corrected chi connectivity index (χ2v) is 8.11. The molecule has 1 aromatic carbocycles. The fourth-order valence-electron chi connectivity index (χ4n) is 4.02. The van der Waals surface area contributed by atoms with Crippen LogP contribution in [0.15, 0.2) is 52.2 Å². The van der Waals surface area contributed by atoms with E-state index in [2.05, 4.69) is 9.36 Å². The van der Waals surface area contributed by atoms with Crippen LogP contribution in [0.25, 0.3) is 37.8 Å². The number of pyridine rings is 2. The van der Waals surface area contributed by atoms with E-state index in [1.807, 2.05) is 30.3 Å². The van der Waals surface area contributed by atoms with E-state index >= 15 is 4.39 Å². The first-order valence-electron chi connectivity index (χ1n) is 9.09. The number of para-hydroxylation sites is 1. The van der Waals surface area contributed by atoms with Crippen molar-refractivity contribution >= 4 is 38.0 Å². The maximum Gasteiger partial charge on any atom is 0.271 e. The number of fused-ring (bicyclic) bond motifs is 3. The van der Waals surface area contributed by atoms with Gasteiger partial charge in [-0.15, -0.1) is 0 Å². The molecule has 4 aromatic heterocycles. The van der Waals surface area contributed by atoms with E-state index < -0.39 is 16.9 Å². The molecule has 4 heterocycles. The van der Waals surface area contributed by atoms with Crippen LogP contribution in [0.3, 0.4) is 0 Å². The molecular formula is C21H14FN3O2S. The Morgan fingerprint density at radius 3 is 2.75 bits per heavy atom.